The van der Waals surface area contributed by atoms with E-state index >= 15 is 0 Å². The van der Waals surface area contributed by atoms with Gasteiger partial charge in [-0.3, -0.25) is 0 Å². The van der Waals surface area contributed by atoms with E-state index in [1.165, 1.54) is 6.07 Å². The Bertz CT molecular complexity index is 644. The van der Waals surface area contributed by atoms with Crippen molar-refractivity contribution in [3.63, 3.8) is 0 Å². The summed E-state index contributed by atoms with van der Waals surface area (Å²) in [7, 11) is -3.22. The van der Waals surface area contributed by atoms with Crippen LogP contribution < -0.4 is 0 Å². The maximum absolute atomic E-state index is 13.6. The minimum Gasteiger partial charge on any atom is -0.361 e. The molecule has 3 nitrogen and oxygen atoms in total. The number of aromatic amines is 1. The number of aromatic nitrogens is 1. The summed E-state index contributed by atoms with van der Waals surface area (Å²) < 4.78 is 37.3. The monoisotopic (exact) mass is 255 g/mol. The molecule has 0 unspecified atom stereocenters. The first kappa shape index (κ1) is 12.1. The van der Waals surface area contributed by atoms with Gasteiger partial charge in [-0.2, -0.15) is 0 Å². The highest BCUT2D eigenvalue weighted by Gasteiger charge is 2.20. The Morgan fingerprint density at radius 1 is 1.35 bits per heavy atom. The fourth-order valence-corrected chi connectivity index (χ4v) is 2.70. The molecule has 0 radical (unpaired) electrons. The first-order valence-electron chi connectivity index (χ1n) is 5.38. The first-order valence-corrected chi connectivity index (χ1v) is 7.09. The summed E-state index contributed by atoms with van der Waals surface area (Å²) in [6, 6.07) is 4.65. The molecule has 0 saturated carbocycles. The fourth-order valence-electron chi connectivity index (χ4n) is 1.71. The van der Waals surface area contributed by atoms with Crippen LogP contribution in [0.5, 0.6) is 0 Å². The van der Waals surface area contributed by atoms with Crippen LogP contribution in [-0.2, 0) is 15.6 Å². The molecule has 92 valence electrons. The average molecular weight is 255 g/mol. The number of H-pyrrole nitrogens is 1. The second-order valence-corrected chi connectivity index (χ2v) is 6.89. The van der Waals surface area contributed by atoms with Crippen LogP contribution in [0.1, 0.15) is 19.4 Å². The van der Waals surface area contributed by atoms with Gasteiger partial charge in [-0.15, -0.1) is 0 Å². The van der Waals surface area contributed by atoms with E-state index in [1.54, 1.807) is 32.2 Å². The topological polar surface area (TPSA) is 49.9 Å². The zero-order valence-corrected chi connectivity index (χ0v) is 10.5. The molecule has 0 aliphatic rings. The highest BCUT2D eigenvalue weighted by atomic mass is 32.2. The van der Waals surface area contributed by atoms with Crippen molar-refractivity contribution >= 4 is 20.7 Å². The van der Waals surface area contributed by atoms with Crippen LogP contribution in [0.25, 0.3) is 10.9 Å². The lowest BCUT2D eigenvalue weighted by Crippen LogP contribution is -2.15. The Kier molecular flexibility index (Phi) is 2.95. The van der Waals surface area contributed by atoms with E-state index in [1.807, 2.05) is 0 Å². The number of benzene rings is 1. The lowest BCUT2D eigenvalue weighted by Gasteiger charge is -2.06. The lowest BCUT2D eigenvalue weighted by atomic mass is 10.2. The van der Waals surface area contributed by atoms with Gasteiger partial charge < -0.3 is 4.98 Å². The van der Waals surface area contributed by atoms with Crippen LogP contribution in [0.3, 0.4) is 0 Å². The van der Waals surface area contributed by atoms with E-state index in [2.05, 4.69) is 4.98 Å². The van der Waals surface area contributed by atoms with E-state index in [0.29, 0.717) is 16.5 Å². The molecule has 0 spiro atoms. The smallest absolute Gasteiger partial charge is 0.156 e. The highest BCUT2D eigenvalue weighted by Crippen LogP contribution is 2.24. The fraction of sp³-hybridized carbons (Fsp3) is 0.333. The van der Waals surface area contributed by atoms with Gasteiger partial charge >= 0.3 is 0 Å². The second-order valence-electron chi connectivity index (χ2n) is 4.33. The van der Waals surface area contributed by atoms with E-state index < -0.39 is 20.9 Å². The van der Waals surface area contributed by atoms with Gasteiger partial charge in [0.1, 0.15) is 5.82 Å². The normalized spacial score (nSPS) is 12.5. The largest absolute Gasteiger partial charge is 0.361 e. The molecule has 5 heteroatoms. The summed E-state index contributed by atoms with van der Waals surface area (Å²) >= 11 is 0. The first-order chi connectivity index (χ1) is 7.92. The van der Waals surface area contributed by atoms with Crippen LogP contribution in [0, 0.1) is 5.82 Å². The van der Waals surface area contributed by atoms with Crippen LogP contribution in [0.2, 0.25) is 0 Å². The molecule has 0 bridgehead atoms. The van der Waals surface area contributed by atoms with Crippen molar-refractivity contribution in [1.82, 2.24) is 4.98 Å². The van der Waals surface area contributed by atoms with Gasteiger partial charge in [0.2, 0.25) is 0 Å². The van der Waals surface area contributed by atoms with Crippen molar-refractivity contribution in [1.29, 1.82) is 0 Å². The molecule has 17 heavy (non-hydrogen) atoms. The minimum absolute atomic E-state index is 0.133. The van der Waals surface area contributed by atoms with Crippen LogP contribution in [-0.4, -0.2) is 18.7 Å². The Balaban J connectivity index is 2.51. The summed E-state index contributed by atoms with van der Waals surface area (Å²) in [5.74, 6) is -0.524. The molecule has 0 atom stereocenters. The quantitative estimate of drug-likeness (QED) is 0.916. The molecule has 1 N–H and O–H groups in total. The number of hydrogen-bond acceptors (Lipinski definition) is 2. The average Bonchev–Trinajstić information content (AvgIpc) is 2.62. The van der Waals surface area contributed by atoms with Gasteiger partial charge in [0, 0.05) is 17.1 Å². The minimum atomic E-state index is -3.22. The Morgan fingerprint density at radius 2 is 2.06 bits per heavy atom. The molecular formula is C12H14FNO2S. The second kappa shape index (κ2) is 4.14. The lowest BCUT2D eigenvalue weighted by molar-refractivity contribution is 0.586. The third-order valence-corrected chi connectivity index (χ3v) is 4.96. The molecule has 1 heterocycles. The Labute approximate surface area is 99.6 Å². The summed E-state index contributed by atoms with van der Waals surface area (Å²) in [4.78, 5) is 2.89. The van der Waals surface area contributed by atoms with Crippen molar-refractivity contribution in [2.24, 2.45) is 0 Å². The van der Waals surface area contributed by atoms with Crippen LogP contribution >= 0.6 is 0 Å². The summed E-state index contributed by atoms with van der Waals surface area (Å²) in [5.41, 5.74) is 1.12. The maximum atomic E-state index is 13.6. The molecule has 1 aromatic carbocycles. The Hall–Kier alpha value is -1.36. The van der Waals surface area contributed by atoms with Gasteiger partial charge in [0.25, 0.3) is 0 Å². The van der Waals surface area contributed by atoms with Crippen LogP contribution in [0.15, 0.2) is 24.4 Å². The molecule has 2 rings (SSSR count). The summed E-state index contributed by atoms with van der Waals surface area (Å²) in [6.45, 7) is 3.25. The van der Waals surface area contributed by atoms with Crippen molar-refractivity contribution in [2.75, 3.05) is 0 Å². The number of fused-ring (bicyclic) bond motifs is 1. The zero-order valence-electron chi connectivity index (χ0n) is 9.70. The van der Waals surface area contributed by atoms with Gasteiger partial charge in [0.05, 0.1) is 11.0 Å². The molecule has 0 fully saturated rings. The van der Waals surface area contributed by atoms with Gasteiger partial charge in [0.15, 0.2) is 9.84 Å². The number of sulfone groups is 1. The van der Waals surface area contributed by atoms with E-state index in [9.17, 15) is 12.8 Å². The number of halogens is 1. The van der Waals surface area contributed by atoms with Crippen molar-refractivity contribution in [3.05, 3.63) is 35.8 Å². The molecule has 0 amide bonds. The molecule has 0 aliphatic carbocycles. The van der Waals surface area contributed by atoms with Crippen molar-refractivity contribution < 1.29 is 12.8 Å². The standard InChI is InChI=1S/C12H14FNO2S/c1-8(2)17(15,16)7-9-6-14-11-5-3-4-10(13)12(9)11/h3-6,8,14H,7H2,1-2H3. The van der Waals surface area contributed by atoms with Crippen molar-refractivity contribution in [2.45, 2.75) is 24.9 Å². The molecule has 0 aliphatic heterocycles. The number of nitrogens with one attached hydrogen (secondary N) is 1. The van der Waals surface area contributed by atoms with E-state index in [-0.39, 0.29) is 5.75 Å². The third kappa shape index (κ3) is 2.20. The SMILES string of the molecule is CC(C)S(=O)(=O)Cc1c[nH]c2cccc(F)c12. The summed E-state index contributed by atoms with van der Waals surface area (Å²) in [6.07, 6.45) is 1.56. The molecule has 0 saturated heterocycles. The highest BCUT2D eigenvalue weighted by molar-refractivity contribution is 7.91. The third-order valence-electron chi connectivity index (χ3n) is 2.81. The predicted octanol–water partition coefficient (Wildman–Crippen LogP) is 2.63. The molecular weight excluding hydrogens is 241 g/mol. The maximum Gasteiger partial charge on any atom is 0.156 e. The van der Waals surface area contributed by atoms with Crippen LogP contribution in [0.4, 0.5) is 4.39 Å². The molecule has 2 aromatic rings. The van der Waals surface area contributed by atoms with E-state index in [0.717, 1.165) is 0 Å². The van der Waals surface area contributed by atoms with Gasteiger partial charge in [-0.25, -0.2) is 12.8 Å². The Morgan fingerprint density at radius 3 is 2.71 bits per heavy atom. The number of rotatable bonds is 3. The predicted molar refractivity (Wildman–Crippen MR) is 66.0 cm³/mol. The summed E-state index contributed by atoms with van der Waals surface area (Å²) in [5, 5.41) is -0.0871. The van der Waals surface area contributed by atoms with E-state index in [4.69, 9.17) is 0 Å². The zero-order chi connectivity index (χ0) is 12.6. The van der Waals surface area contributed by atoms with Gasteiger partial charge in [-0.05, 0) is 31.5 Å². The van der Waals surface area contributed by atoms with Gasteiger partial charge in [-0.1, -0.05) is 6.07 Å². The molecule has 1 aromatic heterocycles. The van der Waals surface area contributed by atoms with Crippen molar-refractivity contribution in [3.8, 4) is 0 Å². The number of hydrogen-bond donors (Lipinski definition) is 1.